The molecule has 0 bridgehead atoms. The van der Waals surface area contributed by atoms with Crippen LogP contribution in [0.15, 0.2) is 18.2 Å². The zero-order valence-corrected chi connectivity index (χ0v) is 9.02. The van der Waals surface area contributed by atoms with E-state index in [1.807, 2.05) is 12.1 Å². The first-order chi connectivity index (χ1) is 6.74. The summed E-state index contributed by atoms with van der Waals surface area (Å²) >= 11 is 1.72. The van der Waals surface area contributed by atoms with Crippen molar-refractivity contribution in [2.75, 3.05) is 7.11 Å². The van der Waals surface area contributed by atoms with Crippen LogP contribution in [0.5, 0.6) is 5.75 Å². The average molecular weight is 208 g/mol. The molecule has 2 aromatic rings. The number of rotatable bonds is 2. The third-order valence-electron chi connectivity index (χ3n) is 2.18. The minimum atomic E-state index is 0.0588. The van der Waals surface area contributed by atoms with Gasteiger partial charge < -0.3 is 9.84 Å². The van der Waals surface area contributed by atoms with Gasteiger partial charge in [-0.2, -0.15) is 0 Å². The van der Waals surface area contributed by atoms with Gasteiger partial charge in [-0.05, 0) is 30.7 Å². The largest absolute Gasteiger partial charge is 0.496 e. The summed E-state index contributed by atoms with van der Waals surface area (Å²) in [6, 6.07) is 6.00. The van der Waals surface area contributed by atoms with E-state index in [1.165, 1.54) is 9.58 Å². The molecule has 0 saturated carbocycles. The molecule has 2 rings (SSSR count). The molecule has 0 spiro atoms. The Bertz CT molecular complexity index is 460. The number of hydrogen-bond donors (Lipinski definition) is 1. The van der Waals surface area contributed by atoms with Crippen LogP contribution in [0.4, 0.5) is 0 Å². The van der Waals surface area contributed by atoms with Crippen molar-refractivity contribution in [3.05, 3.63) is 28.6 Å². The Morgan fingerprint density at radius 2 is 2.14 bits per heavy atom. The van der Waals surface area contributed by atoms with Gasteiger partial charge in [0.2, 0.25) is 0 Å². The highest BCUT2D eigenvalue weighted by atomic mass is 32.1. The van der Waals surface area contributed by atoms with Crippen LogP contribution in [0.25, 0.3) is 10.1 Å². The molecule has 0 fully saturated rings. The van der Waals surface area contributed by atoms with Gasteiger partial charge in [-0.25, -0.2) is 0 Å². The van der Waals surface area contributed by atoms with Gasteiger partial charge in [-0.3, -0.25) is 0 Å². The van der Waals surface area contributed by atoms with E-state index in [9.17, 15) is 0 Å². The minimum Gasteiger partial charge on any atom is -0.496 e. The van der Waals surface area contributed by atoms with Crippen LogP contribution < -0.4 is 4.74 Å². The molecule has 3 heteroatoms. The number of methoxy groups -OCH3 is 1. The first kappa shape index (κ1) is 9.49. The summed E-state index contributed by atoms with van der Waals surface area (Å²) in [7, 11) is 1.66. The molecule has 0 aliphatic carbocycles. The second kappa shape index (κ2) is 3.59. The molecule has 2 nitrogen and oxygen atoms in total. The lowest BCUT2D eigenvalue weighted by molar-refractivity contribution is 0.281. The van der Waals surface area contributed by atoms with E-state index in [1.54, 1.807) is 18.4 Å². The minimum absolute atomic E-state index is 0.0588. The van der Waals surface area contributed by atoms with Crippen molar-refractivity contribution in [2.45, 2.75) is 13.5 Å². The van der Waals surface area contributed by atoms with E-state index < -0.39 is 0 Å². The summed E-state index contributed by atoms with van der Waals surface area (Å²) in [5.41, 5.74) is 0.899. The molecule has 1 heterocycles. The quantitative estimate of drug-likeness (QED) is 0.822. The molecule has 0 atom stereocenters. The highest BCUT2D eigenvalue weighted by Gasteiger charge is 2.06. The number of fused-ring (bicyclic) bond motifs is 1. The second-order valence-electron chi connectivity index (χ2n) is 3.23. The molecule has 0 saturated heterocycles. The predicted octanol–water partition coefficient (Wildman–Crippen LogP) is 2.71. The third-order valence-corrected chi connectivity index (χ3v) is 3.18. The molecule has 74 valence electrons. The van der Waals surface area contributed by atoms with Crippen LogP contribution in [0.3, 0.4) is 0 Å². The van der Waals surface area contributed by atoms with Crippen molar-refractivity contribution in [1.82, 2.24) is 0 Å². The Morgan fingerprint density at radius 3 is 2.79 bits per heavy atom. The van der Waals surface area contributed by atoms with Gasteiger partial charge in [0.05, 0.1) is 13.7 Å². The maximum absolute atomic E-state index is 9.07. The molecule has 14 heavy (non-hydrogen) atoms. The molecule has 1 aromatic heterocycles. The summed E-state index contributed by atoms with van der Waals surface area (Å²) < 4.78 is 6.45. The Morgan fingerprint density at radius 1 is 1.36 bits per heavy atom. The fraction of sp³-hybridized carbons (Fsp3) is 0.273. The van der Waals surface area contributed by atoms with E-state index in [4.69, 9.17) is 9.84 Å². The second-order valence-corrected chi connectivity index (χ2v) is 4.51. The van der Waals surface area contributed by atoms with Gasteiger partial charge in [-0.1, -0.05) is 0 Å². The van der Waals surface area contributed by atoms with Crippen molar-refractivity contribution in [3.8, 4) is 5.75 Å². The van der Waals surface area contributed by atoms with E-state index in [0.29, 0.717) is 0 Å². The van der Waals surface area contributed by atoms with Crippen molar-refractivity contribution in [3.63, 3.8) is 0 Å². The zero-order valence-electron chi connectivity index (χ0n) is 8.20. The molecule has 0 aliphatic heterocycles. The van der Waals surface area contributed by atoms with Crippen molar-refractivity contribution < 1.29 is 9.84 Å². The zero-order chi connectivity index (χ0) is 10.1. The van der Waals surface area contributed by atoms with E-state index >= 15 is 0 Å². The van der Waals surface area contributed by atoms with Crippen molar-refractivity contribution in [1.29, 1.82) is 0 Å². The SMILES string of the molecule is COc1cc(CO)cc2sc(C)cc12. The van der Waals surface area contributed by atoms with Crippen molar-refractivity contribution in [2.24, 2.45) is 0 Å². The van der Waals surface area contributed by atoms with E-state index in [0.717, 1.165) is 16.7 Å². The van der Waals surface area contributed by atoms with Crippen LogP contribution in [0, 0.1) is 6.92 Å². The first-order valence-electron chi connectivity index (χ1n) is 4.42. The fourth-order valence-corrected chi connectivity index (χ4v) is 2.55. The van der Waals surface area contributed by atoms with Gasteiger partial charge in [0, 0.05) is 15.0 Å². The Balaban J connectivity index is 2.72. The average Bonchev–Trinajstić information content (AvgIpc) is 2.56. The van der Waals surface area contributed by atoms with Crippen LogP contribution in [-0.2, 0) is 6.61 Å². The maximum atomic E-state index is 9.07. The summed E-state index contributed by atoms with van der Waals surface area (Å²) in [5.74, 6) is 0.843. The molecular formula is C11H12O2S. The molecule has 1 aromatic carbocycles. The van der Waals surface area contributed by atoms with Crippen LogP contribution in [-0.4, -0.2) is 12.2 Å². The van der Waals surface area contributed by atoms with E-state index in [2.05, 4.69) is 13.0 Å². The van der Waals surface area contributed by atoms with Gasteiger partial charge in [0.1, 0.15) is 5.75 Å². The van der Waals surface area contributed by atoms with Gasteiger partial charge in [-0.15, -0.1) is 11.3 Å². The van der Waals surface area contributed by atoms with Crippen molar-refractivity contribution >= 4 is 21.4 Å². The molecule has 0 unspecified atom stereocenters. The lowest BCUT2D eigenvalue weighted by atomic mass is 10.1. The molecule has 1 N–H and O–H groups in total. The predicted molar refractivity (Wildman–Crippen MR) is 59.0 cm³/mol. The highest BCUT2D eigenvalue weighted by molar-refractivity contribution is 7.19. The monoisotopic (exact) mass is 208 g/mol. The van der Waals surface area contributed by atoms with Gasteiger partial charge in [0.15, 0.2) is 0 Å². The molecule has 0 radical (unpaired) electrons. The number of aliphatic hydroxyl groups is 1. The standard InChI is InChI=1S/C11H12O2S/c1-7-3-9-10(13-2)4-8(6-12)5-11(9)14-7/h3-5,12H,6H2,1-2H3. The van der Waals surface area contributed by atoms with E-state index in [-0.39, 0.29) is 6.61 Å². The molecular weight excluding hydrogens is 196 g/mol. The Hall–Kier alpha value is -1.06. The van der Waals surface area contributed by atoms with Gasteiger partial charge in [0.25, 0.3) is 0 Å². The summed E-state index contributed by atoms with van der Waals surface area (Å²) in [5, 5.41) is 10.2. The smallest absolute Gasteiger partial charge is 0.127 e. The summed E-state index contributed by atoms with van der Waals surface area (Å²) in [4.78, 5) is 1.26. The summed E-state index contributed by atoms with van der Waals surface area (Å²) in [6.07, 6.45) is 0. The number of hydrogen-bond acceptors (Lipinski definition) is 3. The first-order valence-corrected chi connectivity index (χ1v) is 5.24. The number of benzene rings is 1. The Labute approximate surface area is 86.8 Å². The summed E-state index contributed by atoms with van der Waals surface area (Å²) in [6.45, 7) is 2.13. The number of ether oxygens (including phenoxy) is 1. The number of thiophene rings is 1. The molecule has 0 amide bonds. The normalized spacial score (nSPS) is 10.8. The fourth-order valence-electron chi connectivity index (χ4n) is 1.55. The maximum Gasteiger partial charge on any atom is 0.127 e. The Kier molecular flexibility index (Phi) is 2.44. The number of aliphatic hydroxyl groups excluding tert-OH is 1. The molecule has 0 aliphatic rings. The van der Waals surface area contributed by atoms with Crippen LogP contribution in [0.1, 0.15) is 10.4 Å². The van der Waals surface area contributed by atoms with Gasteiger partial charge >= 0.3 is 0 Å². The highest BCUT2D eigenvalue weighted by Crippen LogP contribution is 2.33. The third kappa shape index (κ3) is 1.49. The topological polar surface area (TPSA) is 29.5 Å². The lowest BCUT2D eigenvalue weighted by Crippen LogP contribution is -1.87. The number of aryl methyl sites for hydroxylation is 1. The van der Waals surface area contributed by atoms with Crippen LogP contribution in [0.2, 0.25) is 0 Å². The van der Waals surface area contributed by atoms with Crippen LogP contribution >= 0.6 is 11.3 Å². The lowest BCUT2D eigenvalue weighted by Gasteiger charge is -2.03.